The number of nitrogens with two attached hydrogens (primary N) is 1. The number of benzene rings is 1. The van der Waals surface area contributed by atoms with Crippen LogP contribution in [0.25, 0.3) is 0 Å². The Morgan fingerprint density at radius 3 is 2.68 bits per heavy atom. The van der Waals surface area contributed by atoms with E-state index >= 15 is 0 Å². The van der Waals surface area contributed by atoms with E-state index in [1.165, 1.54) is 11.1 Å². The summed E-state index contributed by atoms with van der Waals surface area (Å²) in [7, 11) is 6.08. The van der Waals surface area contributed by atoms with E-state index in [0.29, 0.717) is 12.1 Å². The Morgan fingerprint density at radius 2 is 2.04 bits per heavy atom. The fraction of sp³-hybridized carbons (Fsp3) is 0.611. The molecule has 0 aromatic heterocycles. The standard InChI is InChI=1S/C18H25B2BrN2O2/c1-24-13-4-6-16(7-5-13)9-11-2-3-12(21)8-14(11)17(16)10-18(19,20)25-15(22)23-17/h2-3,8,13H,4-7,9-10,19-20H2,1H3,(H2,22,23)/t13-,16-,17?. The molecule has 4 nitrogen and oxygen atoms in total. The summed E-state index contributed by atoms with van der Waals surface area (Å²) in [5, 5.41) is -0.319. The van der Waals surface area contributed by atoms with Crippen molar-refractivity contribution in [1.82, 2.24) is 0 Å². The van der Waals surface area contributed by atoms with Crippen molar-refractivity contribution in [2.75, 3.05) is 7.11 Å². The molecule has 2 N–H and O–H groups in total. The molecule has 1 atom stereocenters. The molecule has 1 unspecified atom stereocenters. The average molecular weight is 403 g/mol. The van der Waals surface area contributed by atoms with Gasteiger partial charge in [0, 0.05) is 28.8 Å². The van der Waals surface area contributed by atoms with Crippen LogP contribution in [0, 0.1) is 5.41 Å². The first-order valence-corrected chi connectivity index (χ1v) is 9.95. The Balaban J connectivity index is 1.87. The normalized spacial score (nSPS) is 36.1. The minimum atomic E-state index is -0.319. The number of methoxy groups -OCH3 is 1. The number of rotatable bonds is 1. The van der Waals surface area contributed by atoms with Crippen molar-refractivity contribution in [2.24, 2.45) is 16.1 Å². The maximum atomic E-state index is 6.19. The van der Waals surface area contributed by atoms with Crippen molar-refractivity contribution in [1.29, 1.82) is 0 Å². The van der Waals surface area contributed by atoms with Gasteiger partial charge in [-0.2, -0.15) is 0 Å². The summed E-state index contributed by atoms with van der Waals surface area (Å²) in [5.41, 5.74) is 8.75. The fourth-order valence-electron chi connectivity index (χ4n) is 5.50. The number of aliphatic imine (C=N–C) groups is 1. The molecule has 4 rings (SSSR count). The summed E-state index contributed by atoms with van der Waals surface area (Å²) < 4.78 is 12.6. The van der Waals surface area contributed by atoms with E-state index in [1.807, 2.05) is 7.11 Å². The van der Waals surface area contributed by atoms with E-state index < -0.39 is 0 Å². The van der Waals surface area contributed by atoms with Crippen molar-refractivity contribution >= 4 is 37.6 Å². The van der Waals surface area contributed by atoms with Crippen molar-refractivity contribution in [3.63, 3.8) is 0 Å². The third kappa shape index (κ3) is 2.66. The van der Waals surface area contributed by atoms with E-state index in [2.05, 4.69) is 49.8 Å². The molecule has 1 fully saturated rings. The molecule has 1 heterocycles. The molecule has 1 aromatic carbocycles. The molecule has 1 saturated carbocycles. The summed E-state index contributed by atoms with van der Waals surface area (Å²) in [4.78, 5) is 5.03. The van der Waals surface area contributed by atoms with Crippen molar-refractivity contribution in [2.45, 2.75) is 55.6 Å². The van der Waals surface area contributed by atoms with Crippen LogP contribution in [0.5, 0.6) is 0 Å². The predicted octanol–water partition coefficient (Wildman–Crippen LogP) is 1.43. The number of fused-ring (bicyclic) bond motifs is 3. The topological polar surface area (TPSA) is 56.8 Å². The van der Waals surface area contributed by atoms with Gasteiger partial charge in [-0.15, -0.1) is 0 Å². The summed E-state index contributed by atoms with van der Waals surface area (Å²) in [6, 6.07) is 6.98. The zero-order valence-corrected chi connectivity index (χ0v) is 16.9. The zero-order valence-electron chi connectivity index (χ0n) is 15.3. The third-order valence-electron chi connectivity index (χ3n) is 6.51. The summed E-state index contributed by atoms with van der Waals surface area (Å²) in [6.45, 7) is 0. The molecule has 0 radical (unpaired) electrons. The maximum Gasteiger partial charge on any atom is 0.281 e. The summed E-state index contributed by atoms with van der Waals surface area (Å²) in [6.07, 6.45) is 6.71. The quantitative estimate of drug-likeness (QED) is 0.723. The minimum Gasteiger partial charge on any atom is -0.478 e. The van der Waals surface area contributed by atoms with Crippen LogP contribution in [0.15, 0.2) is 27.7 Å². The molecule has 0 bridgehead atoms. The Hall–Kier alpha value is -0.940. The monoisotopic (exact) mass is 402 g/mol. The highest BCUT2D eigenvalue weighted by atomic mass is 79.9. The van der Waals surface area contributed by atoms with Gasteiger partial charge in [0.2, 0.25) is 0 Å². The molecule has 7 heteroatoms. The minimum absolute atomic E-state index is 0.108. The molecule has 0 saturated heterocycles. The van der Waals surface area contributed by atoms with Gasteiger partial charge in [-0.25, -0.2) is 4.99 Å². The molecule has 3 aliphatic rings. The Labute approximate surface area is 159 Å². The maximum absolute atomic E-state index is 6.19. The van der Waals surface area contributed by atoms with Crippen LogP contribution in [-0.4, -0.2) is 40.3 Å². The molecule has 132 valence electrons. The van der Waals surface area contributed by atoms with Gasteiger partial charge in [-0.1, -0.05) is 22.0 Å². The van der Waals surface area contributed by atoms with Crippen molar-refractivity contribution in [3.05, 3.63) is 33.8 Å². The number of amidine groups is 1. The first kappa shape index (κ1) is 17.5. The molecule has 1 aromatic rings. The second-order valence-electron chi connectivity index (χ2n) is 8.54. The van der Waals surface area contributed by atoms with Crippen molar-refractivity contribution < 1.29 is 9.47 Å². The smallest absolute Gasteiger partial charge is 0.281 e. The zero-order chi connectivity index (χ0) is 17.9. The lowest BCUT2D eigenvalue weighted by Crippen LogP contribution is -2.56. The van der Waals surface area contributed by atoms with E-state index in [9.17, 15) is 0 Å². The van der Waals surface area contributed by atoms with Gasteiger partial charge in [0.1, 0.15) is 15.7 Å². The van der Waals surface area contributed by atoms with E-state index in [1.54, 1.807) is 0 Å². The van der Waals surface area contributed by atoms with E-state index in [4.69, 9.17) is 20.2 Å². The summed E-state index contributed by atoms with van der Waals surface area (Å²) in [5.74, 6) is 0. The van der Waals surface area contributed by atoms with Crippen LogP contribution >= 0.6 is 15.9 Å². The van der Waals surface area contributed by atoms with Gasteiger partial charge in [-0.05, 0) is 55.4 Å². The lowest BCUT2D eigenvalue weighted by atomic mass is 9.52. The lowest BCUT2D eigenvalue weighted by molar-refractivity contribution is -0.0227. The van der Waals surface area contributed by atoms with Gasteiger partial charge in [-0.3, -0.25) is 0 Å². The molecular formula is C18H25B2BrN2O2. The fourth-order valence-corrected chi connectivity index (χ4v) is 5.86. The average Bonchev–Trinajstić information content (AvgIpc) is 2.76. The van der Waals surface area contributed by atoms with E-state index in [-0.39, 0.29) is 16.4 Å². The number of hydrogen-bond acceptors (Lipinski definition) is 4. The second kappa shape index (κ2) is 5.78. The van der Waals surface area contributed by atoms with Gasteiger partial charge in [0.15, 0.2) is 0 Å². The van der Waals surface area contributed by atoms with Gasteiger partial charge >= 0.3 is 0 Å². The SMILES string of the molecule is BC1(B)CC2(N=C(N)O1)c1cc(Br)ccc1C[C@]21CC[C@@H](OC)CC1. The van der Waals surface area contributed by atoms with Gasteiger partial charge in [0.05, 0.1) is 11.6 Å². The van der Waals surface area contributed by atoms with Crippen LogP contribution in [0.1, 0.15) is 43.2 Å². The highest BCUT2D eigenvalue weighted by Gasteiger charge is 2.61. The van der Waals surface area contributed by atoms with Crippen LogP contribution in [0.4, 0.5) is 0 Å². The van der Waals surface area contributed by atoms with Crippen LogP contribution in [0.2, 0.25) is 0 Å². The molecule has 0 amide bonds. The largest absolute Gasteiger partial charge is 0.478 e. The Morgan fingerprint density at radius 1 is 1.32 bits per heavy atom. The van der Waals surface area contributed by atoms with E-state index in [0.717, 1.165) is 43.0 Å². The molecule has 2 spiro atoms. The molecular weight excluding hydrogens is 378 g/mol. The lowest BCUT2D eigenvalue weighted by Gasteiger charge is -2.52. The predicted molar refractivity (Wildman–Crippen MR) is 108 cm³/mol. The van der Waals surface area contributed by atoms with Crippen molar-refractivity contribution in [3.8, 4) is 0 Å². The third-order valence-corrected chi connectivity index (χ3v) is 7.00. The van der Waals surface area contributed by atoms with Crippen LogP contribution in [-0.2, 0) is 21.4 Å². The Bertz CT molecular complexity index is 732. The molecule has 1 aliphatic heterocycles. The second-order valence-corrected chi connectivity index (χ2v) is 9.46. The first-order valence-electron chi connectivity index (χ1n) is 9.15. The first-order chi connectivity index (χ1) is 11.8. The number of nitrogens with zero attached hydrogens (tertiary/aromatic N) is 1. The summed E-state index contributed by atoms with van der Waals surface area (Å²) >= 11 is 3.66. The number of ether oxygens (including phenoxy) is 2. The highest BCUT2D eigenvalue weighted by molar-refractivity contribution is 9.10. The molecule has 2 aliphatic carbocycles. The Kier molecular flexibility index (Phi) is 4.04. The van der Waals surface area contributed by atoms with Crippen LogP contribution in [0.3, 0.4) is 0 Å². The van der Waals surface area contributed by atoms with Gasteiger partial charge < -0.3 is 15.2 Å². The molecule has 25 heavy (non-hydrogen) atoms. The highest BCUT2D eigenvalue weighted by Crippen LogP contribution is 2.63. The van der Waals surface area contributed by atoms with Gasteiger partial charge in [0.25, 0.3) is 6.02 Å². The number of halogens is 1. The van der Waals surface area contributed by atoms with Crippen LogP contribution < -0.4 is 5.73 Å². The number of hydrogen-bond donors (Lipinski definition) is 1.